The number of piperidine rings is 1. The molecule has 0 atom stereocenters. The smallest absolute Gasteiger partial charge is 0.235 e. The van der Waals surface area contributed by atoms with E-state index >= 15 is 0 Å². The van der Waals surface area contributed by atoms with E-state index in [2.05, 4.69) is 25.9 Å². The average Bonchev–Trinajstić information content (AvgIpc) is 2.25. The van der Waals surface area contributed by atoms with Crippen molar-refractivity contribution >= 4 is 23.9 Å². The van der Waals surface area contributed by atoms with E-state index in [1.165, 1.54) is 0 Å². The van der Waals surface area contributed by atoms with E-state index in [-0.39, 0.29) is 6.10 Å². The van der Waals surface area contributed by atoms with Gasteiger partial charge in [-0.15, -0.1) is 0 Å². The molecule has 2 heterocycles. The number of hydrogen-bond donors (Lipinski definition) is 0. The van der Waals surface area contributed by atoms with Gasteiger partial charge in [0.25, 0.3) is 0 Å². The van der Waals surface area contributed by atoms with Crippen molar-refractivity contribution in [1.82, 2.24) is 14.8 Å². The van der Waals surface area contributed by atoms with Gasteiger partial charge in [0.05, 0.1) is 6.20 Å². The number of rotatable bonds is 2. The van der Waals surface area contributed by atoms with Crippen LogP contribution in [0.3, 0.4) is 0 Å². The fourth-order valence-electron chi connectivity index (χ4n) is 1.71. The second kappa shape index (κ2) is 5.14. The fraction of sp³-hybridized carbons (Fsp3) is 0.600. The van der Waals surface area contributed by atoms with Crippen LogP contribution < -0.4 is 4.74 Å². The van der Waals surface area contributed by atoms with Crippen LogP contribution in [0.15, 0.2) is 10.8 Å². The highest BCUT2D eigenvalue weighted by Crippen LogP contribution is 2.19. The molecule has 1 aromatic rings. The molecule has 16 heavy (non-hydrogen) atoms. The van der Waals surface area contributed by atoms with Gasteiger partial charge in [-0.2, -0.15) is 0 Å². The van der Waals surface area contributed by atoms with Crippen molar-refractivity contribution in [2.45, 2.75) is 25.9 Å². The van der Waals surface area contributed by atoms with Gasteiger partial charge in [0.2, 0.25) is 5.88 Å². The van der Waals surface area contributed by atoms with Crippen LogP contribution >= 0.6 is 15.9 Å². The molecule has 0 aromatic carbocycles. The van der Waals surface area contributed by atoms with Gasteiger partial charge in [-0.3, -0.25) is 0 Å². The predicted octanol–water partition coefficient (Wildman–Crippen LogP) is 1.47. The average molecular weight is 282 g/mol. The first-order valence-corrected chi connectivity index (χ1v) is 6.10. The van der Waals surface area contributed by atoms with Crippen LogP contribution in [0.5, 0.6) is 5.88 Å². The molecule has 0 amide bonds. The number of aryl methyl sites for hydroxylation is 1. The maximum absolute atomic E-state index is 5.81. The number of aromatic nitrogens is 2. The molecule has 1 saturated heterocycles. The van der Waals surface area contributed by atoms with Gasteiger partial charge < -0.3 is 9.55 Å². The summed E-state index contributed by atoms with van der Waals surface area (Å²) in [5.74, 6) is 0.624. The molecule has 4 nitrogen and oxygen atoms in total. The van der Waals surface area contributed by atoms with E-state index in [9.17, 15) is 0 Å². The van der Waals surface area contributed by atoms with Crippen LogP contribution in [0.25, 0.3) is 0 Å². The first-order valence-electron chi connectivity index (χ1n) is 5.30. The molecule has 1 aromatic heterocycles. The molecule has 1 fully saturated rings. The number of halogens is 1. The maximum atomic E-state index is 5.81. The number of ether oxygens (including phenoxy) is 1. The Morgan fingerprint density at radius 3 is 2.81 bits per heavy atom. The topological polar surface area (TPSA) is 38.2 Å². The van der Waals surface area contributed by atoms with Crippen molar-refractivity contribution in [2.24, 2.45) is 0 Å². The molecular formula is C10H13BBrN3O. The van der Waals surface area contributed by atoms with E-state index in [0.717, 1.165) is 36.2 Å². The third-order valence-corrected chi connectivity index (χ3v) is 3.01. The monoisotopic (exact) mass is 281 g/mol. The first-order chi connectivity index (χ1) is 7.65. The molecule has 0 saturated carbocycles. The Morgan fingerprint density at radius 1 is 1.50 bits per heavy atom. The highest BCUT2D eigenvalue weighted by atomic mass is 79.9. The highest BCUT2D eigenvalue weighted by molar-refractivity contribution is 9.10. The Hall–Kier alpha value is -0.615. The molecule has 0 bridgehead atoms. The second-order valence-electron chi connectivity index (χ2n) is 3.94. The molecule has 0 N–H and O–H groups in total. The van der Waals surface area contributed by atoms with Crippen molar-refractivity contribution in [3.63, 3.8) is 0 Å². The van der Waals surface area contributed by atoms with E-state index in [1.54, 1.807) is 6.20 Å². The summed E-state index contributed by atoms with van der Waals surface area (Å²) < 4.78 is 6.54. The van der Waals surface area contributed by atoms with Crippen LogP contribution in [0.2, 0.25) is 0 Å². The molecule has 1 aliphatic heterocycles. The largest absolute Gasteiger partial charge is 0.473 e. The minimum absolute atomic E-state index is 0.203. The summed E-state index contributed by atoms with van der Waals surface area (Å²) in [7, 11) is 5.68. The molecule has 1 aliphatic rings. The lowest BCUT2D eigenvalue weighted by atomic mass is 10.1. The van der Waals surface area contributed by atoms with E-state index in [1.807, 2.05) is 11.7 Å². The van der Waals surface area contributed by atoms with Gasteiger partial charge in [-0.05, 0) is 48.8 Å². The van der Waals surface area contributed by atoms with Crippen molar-refractivity contribution < 1.29 is 4.74 Å². The summed E-state index contributed by atoms with van der Waals surface area (Å²) in [4.78, 5) is 10.3. The maximum Gasteiger partial charge on any atom is 0.235 e. The van der Waals surface area contributed by atoms with Crippen LogP contribution in [0.4, 0.5) is 0 Å². The molecular weight excluding hydrogens is 269 g/mol. The van der Waals surface area contributed by atoms with Gasteiger partial charge in [0, 0.05) is 0 Å². The summed E-state index contributed by atoms with van der Waals surface area (Å²) in [5, 5.41) is 0. The van der Waals surface area contributed by atoms with E-state index < -0.39 is 0 Å². The summed E-state index contributed by atoms with van der Waals surface area (Å²) in [6, 6.07) is 0. The third kappa shape index (κ3) is 2.95. The highest BCUT2D eigenvalue weighted by Gasteiger charge is 2.19. The van der Waals surface area contributed by atoms with Crippen LogP contribution in [0.1, 0.15) is 18.5 Å². The zero-order chi connectivity index (χ0) is 11.5. The Bertz CT molecular complexity index is 369. The van der Waals surface area contributed by atoms with Gasteiger partial charge in [-0.25, -0.2) is 9.97 Å². The van der Waals surface area contributed by atoms with Gasteiger partial charge in [-0.1, -0.05) is 0 Å². The van der Waals surface area contributed by atoms with Crippen LogP contribution in [0, 0.1) is 6.92 Å². The number of nitrogens with zero attached hydrogens (tertiary/aromatic N) is 3. The Kier molecular flexibility index (Phi) is 3.81. The second-order valence-corrected chi connectivity index (χ2v) is 4.75. The lowest BCUT2D eigenvalue weighted by Crippen LogP contribution is -2.36. The molecule has 2 rings (SSSR count). The van der Waals surface area contributed by atoms with Gasteiger partial charge in [0.1, 0.15) is 16.4 Å². The summed E-state index contributed by atoms with van der Waals surface area (Å²) in [6.07, 6.45) is 3.73. The first kappa shape index (κ1) is 11.9. The van der Waals surface area contributed by atoms with Crippen molar-refractivity contribution in [2.75, 3.05) is 13.1 Å². The Labute approximate surface area is 105 Å². The standard InChI is InChI=1S/C10H13BBrN3O/c1-7-10(13-6-9(12)14-7)16-8-2-4-15(11)5-3-8/h6,8H,2-5H2,1H3. The minimum Gasteiger partial charge on any atom is -0.473 e. The van der Waals surface area contributed by atoms with E-state index in [0.29, 0.717) is 5.88 Å². The van der Waals surface area contributed by atoms with Crippen molar-refractivity contribution in [3.05, 3.63) is 16.5 Å². The molecule has 0 spiro atoms. The summed E-state index contributed by atoms with van der Waals surface area (Å²) in [5.41, 5.74) is 0.810. The number of hydrogen-bond acceptors (Lipinski definition) is 4. The third-order valence-electron chi connectivity index (χ3n) is 2.63. The van der Waals surface area contributed by atoms with Crippen molar-refractivity contribution in [1.29, 1.82) is 0 Å². The molecule has 84 valence electrons. The molecule has 2 radical (unpaired) electrons. The predicted molar refractivity (Wildman–Crippen MR) is 65.4 cm³/mol. The quantitative estimate of drug-likeness (QED) is 0.770. The summed E-state index contributed by atoms with van der Waals surface area (Å²) in [6.45, 7) is 3.63. The minimum atomic E-state index is 0.203. The molecule has 0 aliphatic carbocycles. The zero-order valence-electron chi connectivity index (χ0n) is 9.19. The Morgan fingerprint density at radius 2 is 2.19 bits per heavy atom. The van der Waals surface area contributed by atoms with Crippen LogP contribution in [-0.4, -0.2) is 42.0 Å². The van der Waals surface area contributed by atoms with Gasteiger partial charge in [0.15, 0.2) is 7.98 Å². The molecule has 0 unspecified atom stereocenters. The van der Waals surface area contributed by atoms with Gasteiger partial charge >= 0.3 is 0 Å². The zero-order valence-corrected chi connectivity index (χ0v) is 10.8. The lowest BCUT2D eigenvalue weighted by molar-refractivity contribution is 0.129. The Balaban J connectivity index is 1.98. The molecule has 6 heteroatoms. The summed E-state index contributed by atoms with van der Waals surface area (Å²) >= 11 is 3.28. The van der Waals surface area contributed by atoms with Crippen molar-refractivity contribution in [3.8, 4) is 5.88 Å². The van der Waals surface area contributed by atoms with Crippen LogP contribution in [-0.2, 0) is 0 Å². The van der Waals surface area contributed by atoms with E-state index in [4.69, 9.17) is 12.7 Å². The fourth-order valence-corrected chi connectivity index (χ4v) is 2.08. The lowest BCUT2D eigenvalue weighted by Gasteiger charge is -2.29. The SMILES string of the molecule is [B]N1CCC(Oc2ncc(Br)nc2C)CC1. The normalized spacial score (nSPS) is 18.6.